The van der Waals surface area contributed by atoms with Gasteiger partial charge < -0.3 is 45.9 Å². The van der Waals surface area contributed by atoms with Crippen LogP contribution in [0.5, 0.6) is 0 Å². The monoisotopic (exact) mass is 813 g/mol. The summed E-state index contributed by atoms with van der Waals surface area (Å²) in [5, 5.41) is 54.2. The number of carbonyl (C=O) groups excluding carboxylic acids is 1. The van der Waals surface area contributed by atoms with Gasteiger partial charge in [-0.25, -0.2) is 0 Å². The van der Waals surface area contributed by atoms with Gasteiger partial charge in [-0.15, -0.1) is 0 Å². The summed E-state index contributed by atoms with van der Waals surface area (Å²) < 4.78 is 16.6. The van der Waals surface area contributed by atoms with Crippen molar-refractivity contribution in [3.63, 3.8) is 0 Å². The minimum atomic E-state index is -0.838. The molecule has 0 bridgehead atoms. The van der Waals surface area contributed by atoms with Crippen LogP contribution in [0.1, 0.15) is 117 Å². The number of aliphatic carboxylic acids is 1. The van der Waals surface area contributed by atoms with Crippen LogP contribution in [0, 0.1) is 5.92 Å². The molecule has 3 unspecified atom stereocenters. The maximum absolute atomic E-state index is 11.1. The van der Waals surface area contributed by atoms with E-state index in [1.165, 1.54) is 20.9 Å². The van der Waals surface area contributed by atoms with E-state index in [0.29, 0.717) is 23.9 Å². The third-order valence-corrected chi connectivity index (χ3v) is 12.4. The summed E-state index contributed by atoms with van der Waals surface area (Å²) in [6, 6.07) is 0. The van der Waals surface area contributed by atoms with E-state index >= 15 is 0 Å². The minimum absolute atomic E-state index is 0.248. The number of carbonyl (C=O) groups is 2. The number of carboxylic acids is 1. The fourth-order valence-corrected chi connectivity index (χ4v) is 8.24. The number of thioether (sulfide) groups is 1. The number of nitrogens with zero attached hydrogens (tertiary/aromatic N) is 4. The lowest BCUT2D eigenvalue weighted by Crippen LogP contribution is -2.49. The maximum atomic E-state index is 11.1. The van der Waals surface area contributed by atoms with Crippen LogP contribution in [0.3, 0.4) is 0 Å². The first-order valence-corrected chi connectivity index (χ1v) is 20.3. The number of amides is 1. The summed E-state index contributed by atoms with van der Waals surface area (Å²) >= 11 is 1.92. The predicted octanol–water partition coefficient (Wildman–Crippen LogP) is 5.81. The number of nitrogens with two attached hydrogens (primary N) is 1. The Hall–Kier alpha value is -2.25. The Kier molecular flexibility index (Phi) is 13.8. The van der Waals surface area contributed by atoms with Gasteiger partial charge >= 0.3 is 5.97 Å². The standard InChI is InChI=1S/C11H19NO3.C11H19NO2S.C9H16N2O2.C9H17NO3/c1-10(2)5-9(11(3,4)12(10)13)15-7-8-6-14-8;1-10(2)5-9(11(3,4)12(10)13)14-6-8-7-15-8;1-8(2)5-6(7(10)12)9(3,4)11(8)13;1-8(2)5-6(7(11)12)9(3,4)10(8)13/h2*5,8,13H,6-7H2,1-4H3;5,13H,1-4H3,(H2,10,12);6,13H,5H2,1-4H3,(H,11,12). The predicted molar refractivity (Wildman–Crippen MR) is 214 cm³/mol. The quantitative estimate of drug-likeness (QED) is 0.160. The Morgan fingerprint density at radius 2 is 1.11 bits per heavy atom. The Morgan fingerprint density at radius 3 is 1.34 bits per heavy atom. The van der Waals surface area contributed by atoms with Crippen molar-refractivity contribution in [2.45, 2.75) is 173 Å². The Morgan fingerprint density at radius 1 is 0.714 bits per heavy atom. The highest BCUT2D eigenvalue weighted by Crippen LogP contribution is 2.44. The summed E-state index contributed by atoms with van der Waals surface area (Å²) in [6.07, 6.45) is 6.41. The third kappa shape index (κ3) is 10.3. The lowest BCUT2D eigenvalue weighted by Gasteiger charge is -2.35. The molecule has 1 amide bonds. The number of epoxide rings is 1. The zero-order valence-electron chi connectivity index (χ0n) is 36.6. The fraction of sp³-hybridized carbons (Fsp3) is 0.800. The Bertz CT molecular complexity index is 1500. The van der Waals surface area contributed by atoms with Crippen molar-refractivity contribution in [2.75, 3.05) is 25.6 Å². The molecule has 16 heteroatoms. The Labute approximate surface area is 338 Å². The first-order chi connectivity index (χ1) is 25.1. The van der Waals surface area contributed by atoms with E-state index in [9.17, 15) is 30.4 Å². The molecule has 7 N–H and O–H groups in total. The van der Waals surface area contributed by atoms with Gasteiger partial charge in [0.2, 0.25) is 5.91 Å². The van der Waals surface area contributed by atoms with Gasteiger partial charge in [-0.05, 0) is 129 Å². The average molecular weight is 814 g/mol. The number of hydroxylamine groups is 8. The fourth-order valence-electron chi connectivity index (χ4n) is 7.85. The number of carboxylic acid groups (broad SMARTS) is 1. The maximum Gasteiger partial charge on any atom is 0.308 e. The van der Waals surface area contributed by atoms with E-state index < -0.39 is 51.0 Å². The van der Waals surface area contributed by atoms with E-state index in [0.717, 1.165) is 29.8 Å². The normalized spacial score (nSPS) is 30.9. The highest BCUT2D eigenvalue weighted by atomic mass is 32.2. The number of ether oxygens (including phenoxy) is 3. The lowest BCUT2D eigenvalue weighted by atomic mass is 9.87. The molecule has 56 heavy (non-hydrogen) atoms. The van der Waals surface area contributed by atoms with Gasteiger partial charge in [-0.3, -0.25) is 9.59 Å². The molecule has 3 atom stereocenters. The van der Waals surface area contributed by atoms with Gasteiger partial charge in [-0.1, -0.05) is 6.08 Å². The van der Waals surface area contributed by atoms with Gasteiger partial charge in [0.1, 0.15) is 30.8 Å². The molecule has 3 saturated heterocycles. The minimum Gasteiger partial charge on any atom is -0.495 e. The second-order valence-electron chi connectivity index (χ2n) is 19.9. The van der Waals surface area contributed by atoms with Crippen LogP contribution in [0.2, 0.25) is 0 Å². The van der Waals surface area contributed by atoms with Crippen LogP contribution in [-0.4, -0.2) is 139 Å². The van der Waals surface area contributed by atoms with Crippen LogP contribution < -0.4 is 5.73 Å². The van der Waals surface area contributed by atoms with Gasteiger partial charge in [0.25, 0.3) is 0 Å². The van der Waals surface area contributed by atoms with Gasteiger partial charge in [0.05, 0.1) is 51.3 Å². The van der Waals surface area contributed by atoms with Crippen molar-refractivity contribution in [3.8, 4) is 0 Å². The second-order valence-corrected chi connectivity index (χ2v) is 21.3. The van der Waals surface area contributed by atoms with Gasteiger partial charge in [-0.2, -0.15) is 32.0 Å². The zero-order valence-corrected chi connectivity index (χ0v) is 37.4. The Balaban J connectivity index is 0.000000201. The number of primary amides is 1. The molecule has 6 rings (SSSR count). The molecule has 6 heterocycles. The van der Waals surface area contributed by atoms with Crippen LogP contribution in [0.15, 0.2) is 35.3 Å². The molecular weight excluding hydrogens is 743 g/mol. The molecule has 0 aromatic rings. The molecule has 6 aliphatic rings. The van der Waals surface area contributed by atoms with E-state index in [4.69, 9.17) is 25.1 Å². The molecule has 0 aromatic heterocycles. The molecule has 0 aliphatic carbocycles. The highest BCUT2D eigenvalue weighted by molar-refractivity contribution is 8.06. The van der Waals surface area contributed by atoms with Crippen LogP contribution in [-0.2, 0) is 23.8 Å². The number of hydrogen-bond acceptors (Lipinski definition) is 14. The van der Waals surface area contributed by atoms with Crippen molar-refractivity contribution in [1.29, 1.82) is 0 Å². The van der Waals surface area contributed by atoms with E-state index in [-0.39, 0.29) is 17.2 Å². The zero-order chi connectivity index (χ0) is 43.4. The van der Waals surface area contributed by atoms with Crippen molar-refractivity contribution in [1.82, 2.24) is 20.3 Å². The van der Waals surface area contributed by atoms with E-state index in [1.54, 1.807) is 33.8 Å². The summed E-state index contributed by atoms with van der Waals surface area (Å²) in [6.45, 7) is 32.2. The lowest BCUT2D eigenvalue weighted by molar-refractivity contribution is -0.199. The number of rotatable bonds is 8. The van der Waals surface area contributed by atoms with Crippen molar-refractivity contribution in [3.05, 3.63) is 35.3 Å². The van der Waals surface area contributed by atoms with Crippen LogP contribution in [0.25, 0.3) is 0 Å². The molecule has 15 nitrogen and oxygen atoms in total. The largest absolute Gasteiger partial charge is 0.495 e. The van der Waals surface area contributed by atoms with E-state index in [2.05, 4.69) is 0 Å². The van der Waals surface area contributed by atoms with E-state index in [1.807, 2.05) is 107 Å². The summed E-state index contributed by atoms with van der Waals surface area (Å²) in [5.41, 5.74) is 1.72. The molecule has 3 fully saturated rings. The molecule has 0 saturated carbocycles. The molecular formula is C40H71N5O10S. The van der Waals surface area contributed by atoms with Crippen LogP contribution >= 0.6 is 11.8 Å². The van der Waals surface area contributed by atoms with Gasteiger partial charge in [0, 0.05) is 22.1 Å². The van der Waals surface area contributed by atoms with Crippen LogP contribution in [0.4, 0.5) is 0 Å². The molecule has 0 aromatic carbocycles. The topological polar surface area (TPSA) is 205 Å². The summed E-state index contributed by atoms with van der Waals surface area (Å²) in [4.78, 5) is 22.0. The van der Waals surface area contributed by atoms with Crippen molar-refractivity contribution in [2.24, 2.45) is 11.7 Å². The molecule has 6 aliphatic heterocycles. The SMILES string of the molecule is CC1(C)C=C(C(N)=O)C(C)(C)N1O.CC1(C)C=C(OCC2CO2)C(C)(C)N1O.CC1(C)C=C(OCC2CS2)C(C)(C)N1O.CC1(C)CC(C(=O)O)C(C)(C)N1O. The molecule has 0 radical (unpaired) electrons. The third-order valence-electron chi connectivity index (χ3n) is 11.5. The first-order valence-electron chi connectivity index (χ1n) is 19.2. The number of hydrogen-bond donors (Lipinski definition) is 6. The van der Waals surface area contributed by atoms with Crippen molar-refractivity contribution >= 4 is 23.6 Å². The smallest absolute Gasteiger partial charge is 0.308 e. The van der Waals surface area contributed by atoms with Crippen molar-refractivity contribution < 1.29 is 49.7 Å². The molecule has 322 valence electrons. The average Bonchev–Trinajstić information content (AvgIpc) is 3.99. The summed E-state index contributed by atoms with van der Waals surface area (Å²) in [5.74, 6) is 1.10. The second kappa shape index (κ2) is 16.1. The highest BCUT2D eigenvalue weighted by Gasteiger charge is 2.54. The van der Waals surface area contributed by atoms with Gasteiger partial charge in [0.15, 0.2) is 0 Å². The molecule has 0 spiro atoms. The first kappa shape index (κ1) is 48.1. The summed E-state index contributed by atoms with van der Waals surface area (Å²) in [7, 11) is 0.